The lowest BCUT2D eigenvalue weighted by molar-refractivity contribution is 0.103. The lowest BCUT2D eigenvalue weighted by Crippen LogP contribution is -2.04. The van der Waals surface area contributed by atoms with Crippen LogP contribution in [0.4, 0.5) is 0 Å². The number of ketones is 1. The number of nitrogens with zero attached hydrogens (tertiary/aromatic N) is 6. The fourth-order valence-electron chi connectivity index (χ4n) is 1.98. The Morgan fingerprint density at radius 1 is 1.17 bits per heavy atom. The van der Waals surface area contributed by atoms with Gasteiger partial charge in [0.25, 0.3) is 5.78 Å². The highest BCUT2D eigenvalue weighted by Crippen LogP contribution is 2.35. The number of halogens is 1. The molecule has 0 saturated heterocycles. The quantitative estimate of drug-likeness (QED) is 0.479. The minimum atomic E-state index is -0.148. The van der Waals surface area contributed by atoms with Crippen LogP contribution in [0, 0.1) is 0 Å². The van der Waals surface area contributed by atoms with E-state index in [0.29, 0.717) is 17.0 Å². The van der Waals surface area contributed by atoms with E-state index in [2.05, 4.69) is 41.5 Å². The van der Waals surface area contributed by atoms with Crippen LogP contribution in [0.2, 0.25) is 0 Å². The van der Waals surface area contributed by atoms with Gasteiger partial charge in [-0.15, -0.1) is 5.10 Å². The van der Waals surface area contributed by atoms with Crippen LogP contribution in [0.5, 0.6) is 0 Å². The second kappa shape index (κ2) is 3.16. The van der Waals surface area contributed by atoms with Crippen LogP contribution < -0.4 is 0 Å². The van der Waals surface area contributed by atoms with Crippen molar-refractivity contribution >= 4 is 27.5 Å². The SMILES string of the molecule is O=C1c2ccc(Br)cc2-c2nn3nnnc3nc21. The molecule has 0 atom stereocenters. The minimum absolute atomic E-state index is 0.148. The van der Waals surface area contributed by atoms with Crippen LogP contribution in [0.3, 0.4) is 0 Å². The third kappa shape index (κ3) is 1.12. The standard InChI is InChI=1S/C10H3BrN6O/c11-4-1-2-5-6(3-4)7-8(9(5)18)12-10-13-15-16-17(10)14-7/h1-3H. The Kier molecular flexibility index (Phi) is 1.72. The lowest BCUT2D eigenvalue weighted by atomic mass is 10.1. The first-order valence-corrected chi connectivity index (χ1v) is 5.84. The number of carbonyl (C=O) groups is 1. The first-order valence-electron chi connectivity index (χ1n) is 5.05. The molecule has 0 aliphatic heterocycles. The summed E-state index contributed by atoms with van der Waals surface area (Å²) in [6.07, 6.45) is 0. The highest BCUT2D eigenvalue weighted by Gasteiger charge is 2.31. The van der Waals surface area contributed by atoms with Crippen molar-refractivity contribution in [3.05, 3.63) is 33.9 Å². The minimum Gasteiger partial charge on any atom is -0.287 e. The van der Waals surface area contributed by atoms with Crippen molar-refractivity contribution < 1.29 is 4.79 Å². The monoisotopic (exact) mass is 302 g/mol. The van der Waals surface area contributed by atoms with E-state index in [1.165, 1.54) is 4.63 Å². The molecule has 0 fully saturated rings. The van der Waals surface area contributed by atoms with Gasteiger partial charge in [0.1, 0.15) is 11.4 Å². The van der Waals surface area contributed by atoms with Crippen LogP contribution in [-0.4, -0.2) is 36.0 Å². The summed E-state index contributed by atoms with van der Waals surface area (Å²) in [6, 6.07) is 5.40. The summed E-state index contributed by atoms with van der Waals surface area (Å²) in [4.78, 5) is 16.3. The first kappa shape index (κ1) is 9.77. The average molecular weight is 303 g/mol. The van der Waals surface area contributed by atoms with E-state index in [0.717, 1.165) is 10.0 Å². The fraction of sp³-hybridized carbons (Fsp3) is 0. The molecule has 1 aliphatic rings. The highest BCUT2D eigenvalue weighted by molar-refractivity contribution is 9.10. The summed E-state index contributed by atoms with van der Waals surface area (Å²) in [5.74, 6) is 0.0690. The van der Waals surface area contributed by atoms with Crippen molar-refractivity contribution in [2.75, 3.05) is 0 Å². The largest absolute Gasteiger partial charge is 0.292 e. The molecular formula is C10H3BrN6O. The van der Waals surface area contributed by atoms with Crippen molar-refractivity contribution in [1.29, 1.82) is 0 Å². The first-order chi connectivity index (χ1) is 8.74. The zero-order valence-electron chi connectivity index (χ0n) is 8.70. The van der Waals surface area contributed by atoms with Crippen LogP contribution >= 0.6 is 15.9 Å². The van der Waals surface area contributed by atoms with Crippen LogP contribution in [-0.2, 0) is 0 Å². The van der Waals surface area contributed by atoms with Crippen molar-refractivity contribution in [1.82, 2.24) is 30.2 Å². The van der Waals surface area contributed by atoms with Gasteiger partial charge in [0.15, 0.2) is 0 Å². The van der Waals surface area contributed by atoms with Gasteiger partial charge in [0.2, 0.25) is 5.78 Å². The predicted octanol–water partition coefficient (Wildman–Crippen LogP) is 0.888. The second-order valence-electron chi connectivity index (χ2n) is 3.80. The van der Waals surface area contributed by atoms with Crippen molar-refractivity contribution in [2.24, 2.45) is 0 Å². The number of aromatic nitrogens is 6. The maximum Gasteiger partial charge on any atom is 0.292 e. The molecule has 0 bridgehead atoms. The van der Waals surface area contributed by atoms with Gasteiger partial charge in [-0.3, -0.25) is 4.79 Å². The molecule has 4 rings (SSSR count). The summed E-state index contributed by atoms with van der Waals surface area (Å²) in [6.45, 7) is 0. The zero-order chi connectivity index (χ0) is 12.3. The number of rotatable bonds is 0. The maximum absolute atomic E-state index is 12.2. The molecule has 3 aromatic rings. The van der Waals surface area contributed by atoms with Crippen LogP contribution in [0.15, 0.2) is 22.7 Å². The molecule has 0 spiro atoms. The number of hydrogen-bond acceptors (Lipinski definition) is 6. The van der Waals surface area contributed by atoms with E-state index in [1.807, 2.05) is 12.1 Å². The summed E-state index contributed by atoms with van der Waals surface area (Å²) >= 11 is 3.37. The Balaban J connectivity index is 2.13. The van der Waals surface area contributed by atoms with Gasteiger partial charge in [0.05, 0.1) is 0 Å². The summed E-state index contributed by atoms with van der Waals surface area (Å²) in [5, 5.41) is 15.0. The Morgan fingerprint density at radius 3 is 2.94 bits per heavy atom. The van der Waals surface area contributed by atoms with Gasteiger partial charge >= 0.3 is 0 Å². The number of tetrazole rings is 1. The topological polar surface area (TPSA) is 85.9 Å². The smallest absolute Gasteiger partial charge is 0.287 e. The molecule has 8 heteroatoms. The molecule has 7 nitrogen and oxygen atoms in total. The molecular weight excluding hydrogens is 300 g/mol. The predicted molar refractivity (Wildman–Crippen MR) is 62.9 cm³/mol. The van der Waals surface area contributed by atoms with E-state index in [1.54, 1.807) is 6.07 Å². The Labute approximate surface area is 108 Å². The van der Waals surface area contributed by atoms with E-state index in [9.17, 15) is 4.79 Å². The average Bonchev–Trinajstić information content (AvgIpc) is 2.92. The molecule has 1 aromatic carbocycles. The van der Waals surface area contributed by atoms with Crippen LogP contribution in [0.1, 0.15) is 16.1 Å². The van der Waals surface area contributed by atoms with Crippen molar-refractivity contribution in [3.63, 3.8) is 0 Å². The van der Waals surface area contributed by atoms with Gasteiger partial charge in [0, 0.05) is 15.6 Å². The Morgan fingerprint density at radius 2 is 2.06 bits per heavy atom. The fourth-order valence-corrected chi connectivity index (χ4v) is 2.34. The molecule has 1 aliphatic carbocycles. The normalized spacial score (nSPS) is 12.8. The summed E-state index contributed by atoms with van der Waals surface area (Å²) in [5.41, 5.74) is 2.14. The van der Waals surface area contributed by atoms with Gasteiger partial charge in [-0.2, -0.15) is 0 Å². The third-order valence-corrected chi connectivity index (χ3v) is 3.26. The molecule has 0 unspecified atom stereocenters. The molecule has 0 radical (unpaired) electrons. The molecule has 0 saturated carbocycles. The molecule has 0 N–H and O–H groups in total. The number of fused-ring (bicyclic) bond motifs is 4. The molecule has 2 heterocycles. The van der Waals surface area contributed by atoms with Crippen LogP contribution in [0.25, 0.3) is 17.0 Å². The zero-order valence-corrected chi connectivity index (χ0v) is 10.3. The number of carbonyl (C=O) groups excluding carboxylic acids is 1. The second-order valence-corrected chi connectivity index (χ2v) is 4.71. The van der Waals surface area contributed by atoms with E-state index < -0.39 is 0 Å². The number of hydrogen-bond donors (Lipinski definition) is 0. The molecule has 0 amide bonds. The van der Waals surface area contributed by atoms with E-state index in [4.69, 9.17) is 0 Å². The van der Waals surface area contributed by atoms with Crippen molar-refractivity contribution in [3.8, 4) is 11.3 Å². The van der Waals surface area contributed by atoms with E-state index in [-0.39, 0.29) is 11.6 Å². The van der Waals surface area contributed by atoms with Gasteiger partial charge < -0.3 is 0 Å². The molecule has 18 heavy (non-hydrogen) atoms. The van der Waals surface area contributed by atoms with Gasteiger partial charge in [-0.25, -0.2) is 4.98 Å². The third-order valence-electron chi connectivity index (χ3n) is 2.77. The maximum atomic E-state index is 12.2. The van der Waals surface area contributed by atoms with Gasteiger partial charge in [-0.1, -0.05) is 25.7 Å². The number of benzene rings is 1. The highest BCUT2D eigenvalue weighted by atomic mass is 79.9. The molecule has 2 aromatic heterocycles. The van der Waals surface area contributed by atoms with E-state index >= 15 is 0 Å². The Hall–Kier alpha value is -2.22. The summed E-state index contributed by atoms with van der Waals surface area (Å²) in [7, 11) is 0. The summed E-state index contributed by atoms with van der Waals surface area (Å²) < 4.78 is 2.09. The van der Waals surface area contributed by atoms with Gasteiger partial charge in [-0.05, 0) is 28.6 Å². The molecule has 86 valence electrons. The lowest BCUT2D eigenvalue weighted by Gasteiger charge is -1.98. The Bertz CT molecular complexity index is 826. The van der Waals surface area contributed by atoms with Crippen molar-refractivity contribution in [2.45, 2.75) is 0 Å².